The van der Waals surface area contributed by atoms with Crippen LogP contribution in [0.5, 0.6) is 0 Å². The summed E-state index contributed by atoms with van der Waals surface area (Å²) in [6.45, 7) is 0.801. The molecule has 0 saturated carbocycles. The summed E-state index contributed by atoms with van der Waals surface area (Å²) in [6, 6.07) is 8.08. The third-order valence-electron chi connectivity index (χ3n) is 2.71. The molecule has 0 N–H and O–H groups in total. The van der Waals surface area contributed by atoms with Crippen molar-refractivity contribution < 1.29 is 9.53 Å². The van der Waals surface area contributed by atoms with E-state index >= 15 is 0 Å². The van der Waals surface area contributed by atoms with Crippen molar-refractivity contribution in [2.24, 2.45) is 0 Å². The number of aromatic nitrogens is 1. The second-order valence-corrected chi connectivity index (χ2v) is 5.07. The molecule has 0 aliphatic carbocycles. The van der Waals surface area contributed by atoms with Gasteiger partial charge in [0.2, 0.25) is 0 Å². The zero-order chi connectivity index (χ0) is 13.0. The van der Waals surface area contributed by atoms with Crippen LogP contribution in [0.25, 0.3) is 10.2 Å². The number of nitrogens with zero attached hydrogens (tertiary/aromatic N) is 2. The fourth-order valence-corrected chi connectivity index (χ4v) is 2.63. The van der Waals surface area contributed by atoms with Crippen LogP contribution in [0.4, 0.5) is 5.13 Å². The Morgan fingerprint density at radius 1 is 1.44 bits per heavy atom. The Morgan fingerprint density at radius 3 is 2.94 bits per heavy atom. The largest absolute Gasteiger partial charge is 0.469 e. The summed E-state index contributed by atoms with van der Waals surface area (Å²) < 4.78 is 5.80. The maximum absolute atomic E-state index is 11.0. The summed E-state index contributed by atoms with van der Waals surface area (Å²) in [4.78, 5) is 17.7. The monoisotopic (exact) mass is 264 g/mol. The molecule has 2 rings (SSSR count). The van der Waals surface area contributed by atoms with Crippen LogP contribution in [0.2, 0.25) is 0 Å². The van der Waals surface area contributed by atoms with E-state index < -0.39 is 0 Å². The predicted molar refractivity (Wildman–Crippen MR) is 74.1 cm³/mol. The van der Waals surface area contributed by atoms with Crippen LogP contribution in [0.15, 0.2) is 24.3 Å². The van der Waals surface area contributed by atoms with E-state index in [-0.39, 0.29) is 5.97 Å². The highest BCUT2D eigenvalue weighted by atomic mass is 32.1. The minimum absolute atomic E-state index is 0.160. The molecule has 0 amide bonds. The number of carbonyl (C=O) groups excluding carboxylic acids is 1. The van der Waals surface area contributed by atoms with E-state index in [0.29, 0.717) is 6.42 Å². The van der Waals surface area contributed by atoms with Crippen molar-refractivity contribution >= 4 is 32.7 Å². The Labute approximate surface area is 110 Å². The molecule has 0 bridgehead atoms. The number of carbonyl (C=O) groups is 1. The summed E-state index contributed by atoms with van der Waals surface area (Å²) in [7, 11) is 3.41. The maximum atomic E-state index is 11.0. The molecular weight excluding hydrogens is 248 g/mol. The molecule has 0 aliphatic rings. The minimum Gasteiger partial charge on any atom is -0.469 e. The van der Waals surface area contributed by atoms with Gasteiger partial charge in [-0.25, -0.2) is 4.98 Å². The van der Waals surface area contributed by atoms with Crippen LogP contribution < -0.4 is 4.90 Å². The van der Waals surface area contributed by atoms with E-state index in [1.807, 2.05) is 25.2 Å². The molecule has 0 saturated heterocycles. The van der Waals surface area contributed by atoms with Crippen molar-refractivity contribution in [2.75, 3.05) is 25.6 Å². The van der Waals surface area contributed by atoms with Gasteiger partial charge in [0.1, 0.15) is 0 Å². The summed E-state index contributed by atoms with van der Waals surface area (Å²) in [5.41, 5.74) is 1.03. The fourth-order valence-electron chi connectivity index (χ4n) is 1.68. The lowest BCUT2D eigenvalue weighted by Crippen LogP contribution is -2.19. The second kappa shape index (κ2) is 5.82. The van der Waals surface area contributed by atoms with Gasteiger partial charge in [-0.2, -0.15) is 0 Å². The van der Waals surface area contributed by atoms with Crippen molar-refractivity contribution in [2.45, 2.75) is 12.8 Å². The van der Waals surface area contributed by atoms with E-state index in [4.69, 9.17) is 0 Å². The second-order valence-electron chi connectivity index (χ2n) is 4.07. The molecular formula is C13H16N2O2S. The molecule has 5 heteroatoms. The number of anilines is 1. The van der Waals surface area contributed by atoms with Gasteiger partial charge in [0.15, 0.2) is 5.13 Å². The van der Waals surface area contributed by atoms with Crippen LogP contribution in [-0.2, 0) is 9.53 Å². The molecule has 1 aromatic heterocycles. The Morgan fingerprint density at radius 2 is 2.22 bits per heavy atom. The Bertz CT molecular complexity index is 506. The van der Waals surface area contributed by atoms with Gasteiger partial charge in [-0.05, 0) is 18.6 Å². The minimum atomic E-state index is -0.160. The topological polar surface area (TPSA) is 42.4 Å². The van der Waals surface area contributed by atoms with Crippen molar-refractivity contribution in [3.8, 4) is 0 Å². The van der Waals surface area contributed by atoms with Crippen molar-refractivity contribution in [3.05, 3.63) is 24.3 Å². The first-order valence-corrected chi connectivity index (χ1v) is 6.66. The molecule has 0 radical (unpaired) electrons. The van der Waals surface area contributed by atoms with Gasteiger partial charge in [-0.15, -0.1) is 0 Å². The first-order chi connectivity index (χ1) is 8.70. The molecule has 0 fully saturated rings. The van der Waals surface area contributed by atoms with E-state index in [1.165, 1.54) is 11.8 Å². The van der Waals surface area contributed by atoms with Gasteiger partial charge in [-0.3, -0.25) is 4.79 Å². The highest BCUT2D eigenvalue weighted by Crippen LogP contribution is 2.27. The Balaban J connectivity index is 1.96. The lowest BCUT2D eigenvalue weighted by atomic mass is 10.3. The fraction of sp³-hybridized carbons (Fsp3) is 0.385. The number of rotatable bonds is 5. The zero-order valence-electron chi connectivity index (χ0n) is 10.5. The highest BCUT2D eigenvalue weighted by molar-refractivity contribution is 7.22. The first-order valence-electron chi connectivity index (χ1n) is 5.84. The Hall–Kier alpha value is -1.62. The summed E-state index contributed by atoms with van der Waals surface area (Å²) >= 11 is 1.67. The third-order valence-corrected chi connectivity index (χ3v) is 3.86. The molecule has 0 aliphatic heterocycles. The highest BCUT2D eigenvalue weighted by Gasteiger charge is 2.08. The van der Waals surface area contributed by atoms with E-state index in [9.17, 15) is 4.79 Å². The van der Waals surface area contributed by atoms with Crippen LogP contribution >= 0.6 is 11.3 Å². The number of thiazole rings is 1. The van der Waals surface area contributed by atoms with Gasteiger partial charge < -0.3 is 9.64 Å². The first kappa shape index (κ1) is 12.8. The number of benzene rings is 1. The van der Waals surface area contributed by atoms with Gasteiger partial charge in [-0.1, -0.05) is 23.5 Å². The van der Waals surface area contributed by atoms with E-state index in [0.717, 1.165) is 23.6 Å². The quantitative estimate of drug-likeness (QED) is 0.779. The number of hydrogen-bond donors (Lipinski definition) is 0. The van der Waals surface area contributed by atoms with Crippen molar-refractivity contribution in [1.82, 2.24) is 4.98 Å². The number of para-hydroxylation sites is 1. The molecule has 2 aromatic rings. The molecule has 18 heavy (non-hydrogen) atoms. The van der Waals surface area contributed by atoms with Crippen molar-refractivity contribution in [1.29, 1.82) is 0 Å². The van der Waals surface area contributed by atoms with Gasteiger partial charge in [0.25, 0.3) is 0 Å². The normalized spacial score (nSPS) is 10.6. The Kier molecular flexibility index (Phi) is 4.15. The van der Waals surface area contributed by atoms with E-state index in [2.05, 4.69) is 20.7 Å². The molecule has 1 aromatic carbocycles. The predicted octanol–water partition coefficient (Wildman–Crippen LogP) is 2.69. The number of ether oxygens (including phenoxy) is 1. The number of methoxy groups -OCH3 is 1. The van der Waals surface area contributed by atoms with E-state index in [1.54, 1.807) is 11.3 Å². The summed E-state index contributed by atoms with van der Waals surface area (Å²) in [5, 5.41) is 0.987. The van der Waals surface area contributed by atoms with Gasteiger partial charge in [0.05, 0.1) is 17.3 Å². The number of hydrogen-bond acceptors (Lipinski definition) is 5. The van der Waals surface area contributed by atoms with Gasteiger partial charge >= 0.3 is 5.97 Å². The smallest absolute Gasteiger partial charge is 0.305 e. The van der Waals surface area contributed by atoms with Crippen LogP contribution in [0.1, 0.15) is 12.8 Å². The number of esters is 1. The molecule has 0 atom stereocenters. The summed E-state index contributed by atoms with van der Waals surface area (Å²) in [5.74, 6) is -0.160. The molecule has 0 unspecified atom stereocenters. The molecule has 1 heterocycles. The molecule has 0 spiro atoms. The third kappa shape index (κ3) is 2.98. The maximum Gasteiger partial charge on any atom is 0.305 e. The van der Waals surface area contributed by atoms with Crippen LogP contribution in [0, 0.1) is 0 Å². The average molecular weight is 264 g/mol. The average Bonchev–Trinajstić information content (AvgIpc) is 2.82. The summed E-state index contributed by atoms with van der Waals surface area (Å²) in [6.07, 6.45) is 1.23. The standard InChI is InChI=1S/C13H16N2O2S/c1-15(9-5-8-12(16)17-2)13-14-10-6-3-4-7-11(10)18-13/h3-4,6-7H,5,8-9H2,1-2H3. The lowest BCUT2D eigenvalue weighted by molar-refractivity contribution is -0.140. The van der Waals surface area contributed by atoms with Crippen molar-refractivity contribution in [3.63, 3.8) is 0 Å². The SMILES string of the molecule is COC(=O)CCCN(C)c1nc2ccccc2s1. The zero-order valence-corrected chi connectivity index (χ0v) is 11.4. The lowest BCUT2D eigenvalue weighted by Gasteiger charge is -2.14. The van der Waals surface area contributed by atoms with Crippen LogP contribution in [0.3, 0.4) is 0 Å². The molecule has 4 nitrogen and oxygen atoms in total. The number of fused-ring (bicyclic) bond motifs is 1. The molecule has 96 valence electrons. The van der Waals surface area contributed by atoms with Gasteiger partial charge in [0, 0.05) is 20.0 Å². The van der Waals surface area contributed by atoms with Crippen LogP contribution in [-0.4, -0.2) is 31.7 Å².